The Labute approximate surface area is 152 Å². The van der Waals surface area contributed by atoms with Crippen LogP contribution in [-0.4, -0.2) is 16.5 Å². The normalized spacial score (nSPS) is 22.0. The summed E-state index contributed by atoms with van der Waals surface area (Å²) in [4.78, 5) is 12.0. The quantitative estimate of drug-likeness (QED) is 0.440. The van der Waals surface area contributed by atoms with Gasteiger partial charge in [0.2, 0.25) is 0 Å². The summed E-state index contributed by atoms with van der Waals surface area (Å²) in [6, 6.07) is 16.9. The number of carbonyl (C=O) groups is 1. The molecule has 6 heteroatoms. The lowest BCUT2D eigenvalue weighted by atomic mass is 10.1. The summed E-state index contributed by atoms with van der Waals surface area (Å²) >= 11 is 16.0. The zero-order chi connectivity index (χ0) is 16.4. The summed E-state index contributed by atoms with van der Waals surface area (Å²) in [6.07, 6.45) is 1.60. The van der Waals surface area contributed by atoms with Crippen molar-refractivity contribution in [2.75, 3.05) is 0 Å². The number of hydrogen-bond acceptors (Lipinski definition) is 2. The maximum absolute atomic E-state index is 12.0. The zero-order valence-corrected chi connectivity index (χ0v) is 15.0. The van der Waals surface area contributed by atoms with Crippen LogP contribution in [0.4, 0.5) is 0 Å². The Hall–Kier alpha value is -1.36. The molecule has 1 amide bonds. The summed E-state index contributed by atoms with van der Waals surface area (Å²) in [6.45, 7) is 0. The molecule has 0 saturated heterocycles. The monoisotopic (exact) mass is 410 g/mol. The van der Waals surface area contributed by atoms with Crippen molar-refractivity contribution in [3.8, 4) is 0 Å². The van der Waals surface area contributed by atoms with Crippen molar-refractivity contribution in [3.05, 3.63) is 70.2 Å². The molecule has 1 saturated carbocycles. The van der Waals surface area contributed by atoms with Gasteiger partial charge < -0.3 is 0 Å². The molecule has 1 aliphatic carbocycles. The molecule has 2 atom stereocenters. The lowest BCUT2D eigenvalue weighted by molar-refractivity contribution is 0.0955. The third-order valence-corrected chi connectivity index (χ3v) is 5.22. The number of nitrogens with zero attached hydrogens (tertiary/aromatic N) is 1. The number of benzene rings is 2. The van der Waals surface area contributed by atoms with Crippen LogP contribution in [0.25, 0.3) is 0 Å². The van der Waals surface area contributed by atoms with Crippen molar-refractivity contribution in [2.24, 2.45) is 11.0 Å². The SMILES string of the molecule is O=C(N/N=C\[C@H]1[C@H](c2ccccc2)C1(Cl)Cl)c1cccc(Br)c1. The van der Waals surface area contributed by atoms with Crippen molar-refractivity contribution in [2.45, 2.75) is 10.3 Å². The van der Waals surface area contributed by atoms with Crippen LogP contribution < -0.4 is 5.43 Å². The molecule has 2 aromatic rings. The molecule has 0 unspecified atom stereocenters. The van der Waals surface area contributed by atoms with Gasteiger partial charge in [-0.25, -0.2) is 5.43 Å². The highest BCUT2D eigenvalue weighted by molar-refractivity contribution is 9.10. The van der Waals surface area contributed by atoms with E-state index in [1.807, 2.05) is 36.4 Å². The first-order valence-corrected chi connectivity index (χ1v) is 8.57. The van der Waals surface area contributed by atoms with Gasteiger partial charge in [-0.3, -0.25) is 4.79 Å². The van der Waals surface area contributed by atoms with Gasteiger partial charge in [0.05, 0.1) is 0 Å². The van der Waals surface area contributed by atoms with Crippen LogP contribution in [0.2, 0.25) is 0 Å². The third kappa shape index (κ3) is 3.60. The van der Waals surface area contributed by atoms with Gasteiger partial charge in [0.25, 0.3) is 5.91 Å². The smallest absolute Gasteiger partial charge is 0.267 e. The number of hydrazone groups is 1. The third-order valence-electron chi connectivity index (χ3n) is 3.76. The second kappa shape index (κ2) is 6.63. The lowest BCUT2D eigenvalue weighted by Crippen LogP contribution is -2.17. The number of halogens is 3. The molecule has 0 radical (unpaired) electrons. The van der Waals surface area contributed by atoms with E-state index in [-0.39, 0.29) is 17.7 Å². The fourth-order valence-corrected chi connectivity index (χ4v) is 3.66. The van der Waals surface area contributed by atoms with Crippen LogP contribution in [0.3, 0.4) is 0 Å². The van der Waals surface area contributed by atoms with E-state index in [9.17, 15) is 4.79 Å². The average molecular weight is 412 g/mol. The Morgan fingerprint density at radius 2 is 1.91 bits per heavy atom. The van der Waals surface area contributed by atoms with E-state index in [2.05, 4.69) is 26.5 Å². The molecular weight excluding hydrogens is 399 g/mol. The minimum atomic E-state index is -0.884. The summed E-state index contributed by atoms with van der Waals surface area (Å²) < 4.78 is -0.0493. The molecule has 0 heterocycles. The van der Waals surface area contributed by atoms with Crippen LogP contribution in [0.15, 0.2) is 64.2 Å². The van der Waals surface area contributed by atoms with Crippen molar-refractivity contribution in [1.82, 2.24) is 5.43 Å². The first kappa shape index (κ1) is 16.5. The Morgan fingerprint density at radius 3 is 2.61 bits per heavy atom. The molecule has 3 rings (SSSR count). The van der Waals surface area contributed by atoms with Gasteiger partial charge in [-0.05, 0) is 23.8 Å². The van der Waals surface area contributed by atoms with Crippen LogP contribution in [-0.2, 0) is 0 Å². The fraction of sp³-hybridized carbons (Fsp3) is 0.176. The first-order chi connectivity index (χ1) is 11.0. The van der Waals surface area contributed by atoms with Gasteiger partial charge in [-0.1, -0.05) is 52.3 Å². The van der Waals surface area contributed by atoms with Gasteiger partial charge in [0.15, 0.2) is 0 Å². The largest absolute Gasteiger partial charge is 0.271 e. The number of rotatable bonds is 4. The molecule has 0 spiro atoms. The molecule has 0 bridgehead atoms. The Bertz CT molecular complexity index is 749. The molecule has 118 valence electrons. The van der Waals surface area contributed by atoms with E-state index in [0.29, 0.717) is 5.56 Å². The molecule has 1 N–H and O–H groups in total. The molecular formula is C17H13BrCl2N2O. The van der Waals surface area contributed by atoms with Gasteiger partial charge in [0.1, 0.15) is 4.33 Å². The Morgan fingerprint density at radius 1 is 1.17 bits per heavy atom. The van der Waals surface area contributed by atoms with Crippen LogP contribution >= 0.6 is 39.1 Å². The minimum absolute atomic E-state index is 0.0152. The van der Waals surface area contributed by atoms with Crippen LogP contribution in [0, 0.1) is 5.92 Å². The van der Waals surface area contributed by atoms with Crippen molar-refractivity contribution in [1.29, 1.82) is 0 Å². The highest BCUT2D eigenvalue weighted by Gasteiger charge is 2.63. The number of hydrogen-bond donors (Lipinski definition) is 1. The van der Waals surface area contributed by atoms with Crippen molar-refractivity contribution < 1.29 is 4.79 Å². The van der Waals surface area contributed by atoms with E-state index in [4.69, 9.17) is 23.2 Å². The molecule has 0 aromatic heterocycles. The van der Waals surface area contributed by atoms with Crippen LogP contribution in [0.1, 0.15) is 21.8 Å². The predicted octanol–water partition coefficient (Wildman–Crippen LogP) is 4.75. The lowest BCUT2D eigenvalue weighted by Gasteiger charge is -2.00. The summed E-state index contributed by atoms with van der Waals surface area (Å²) in [5.74, 6) is -0.427. The fourth-order valence-electron chi connectivity index (χ4n) is 2.50. The Balaban J connectivity index is 1.64. The predicted molar refractivity (Wildman–Crippen MR) is 97.2 cm³/mol. The molecule has 2 aromatic carbocycles. The van der Waals surface area contributed by atoms with Gasteiger partial charge in [0, 0.05) is 28.1 Å². The highest BCUT2D eigenvalue weighted by atomic mass is 79.9. The van der Waals surface area contributed by atoms with Gasteiger partial charge in [-0.15, -0.1) is 23.2 Å². The van der Waals surface area contributed by atoms with Gasteiger partial charge in [-0.2, -0.15) is 5.10 Å². The zero-order valence-electron chi connectivity index (χ0n) is 11.9. The summed E-state index contributed by atoms with van der Waals surface area (Å²) in [5, 5.41) is 4.00. The average Bonchev–Trinajstić information content (AvgIpc) is 3.09. The molecule has 1 fully saturated rings. The summed E-state index contributed by atoms with van der Waals surface area (Å²) in [5.41, 5.74) is 4.09. The Kier molecular flexibility index (Phi) is 4.76. The molecule has 3 nitrogen and oxygen atoms in total. The number of nitrogens with one attached hydrogen (secondary N) is 1. The van der Waals surface area contributed by atoms with Crippen molar-refractivity contribution >= 4 is 51.3 Å². The van der Waals surface area contributed by atoms with E-state index in [0.717, 1.165) is 10.0 Å². The molecule has 0 aliphatic heterocycles. The van der Waals surface area contributed by atoms with E-state index in [1.54, 1.807) is 24.4 Å². The van der Waals surface area contributed by atoms with Gasteiger partial charge >= 0.3 is 0 Å². The topological polar surface area (TPSA) is 41.5 Å². The van der Waals surface area contributed by atoms with Crippen LogP contribution in [0.5, 0.6) is 0 Å². The maximum atomic E-state index is 12.0. The standard InChI is InChI=1S/C17H13BrCl2N2O/c18-13-8-4-7-12(9-13)16(23)22-21-10-14-15(17(14,19)20)11-5-2-1-3-6-11/h1-10,14-15H,(H,22,23)/b21-10-/t14-,15-/m0/s1. The second-order valence-corrected chi connectivity index (χ2v) is 7.68. The first-order valence-electron chi connectivity index (χ1n) is 7.02. The van der Waals surface area contributed by atoms with E-state index >= 15 is 0 Å². The second-order valence-electron chi connectivity index (χ2n) is 5.32. The number of carbonyl (C=O) groups excluding carboxylic acids is 1. The minimum Gasteiger partial charge on any atom is -0.267 e. The van der Waals surface area contributed by atoms with E-state index in [1.165, 1.54) is 0 Å². The van der Waals surface area contributed by atoms with Crippen molar-refractivity contribution in [3.63, 3.8) is 0 Å². The summed E-state index contributed by atoms with van der Waals surface area (Å²) in [7, 11) is 0. The highest BCUT2D eigenvalue weighted by Crippen LogP contribution is 2.63. The maximum Gasteiger partial charge on any atom is 0.271 e. The number of amides is 1. The molecule has 23 heavy (non-hydrogen) atoms. The molecule has 1 aliphatic rings. The number of alkyl halides is 2. The van der Waals surface area contributed by atoms with E-state index < -0.39 is 4.33 Å².